The number of anilines is 1. The highest BCUT2D eigenvalue weighted by molar-refractivity contribution is 5.35. The third-order valence-corrected chi connectivity index (χ3v) is 2.73. The number of nitrogen functional groups attached to an aromatic ring is 1. The van der Waals surface area contributed by atoms with Crippen LogP contribution in [-0.4, -0.2) is 21.6 Å². The SMILES string of the molecule is CCCOc1nc(N)nc(Oc2ccc(C)c(C)c2)n1. The van der Waals surface area contributed by atoms with Crippen LogP contribution in [0.15, 0.2) is 18.2 Å². The van der Waals surface area contributed by atoms with Crippen LogP contribution in [-0.2, 0) is 0 Å². The number of aromatic nitrogens is 3. The van der Waals surface area contributed by atoms with Crippen LogP contribution in [0.25, 0.3) is 0 Å². The van der Waals surface area contributed by atoms with Crippen molar-refractivity contribution in [1.29, 1.82) is 0 Å². The Balaban J connectivity index is 2.19. The Morgan fingerprint density at radius 3 is 2.50 bits per heavy atom. The first-order valence-corrected chi connectivity index (χ1v) is 6.48. The van der Waals surface area contributed by atoms with Crippen LogP contribution in [0.1, 0.15) is 24.5 Å². The normalized spacial score (nSPS) is 10.3. The molecule has 6 nitrogen and oxygen atoms in total. The van der Waals surface area contributed by atoms with Gasteiger partial charge in [0.05, 0.1) is 6.61 Å². The second-order valence-electron chi connectivity index (χ2n) is 4.46. The topological polar surface area (TPSA) is 83.2 Å². The highest BCUT2D eigenvalue weighted by Crippen LogP contribution is 2.22. The summed E-state index contributed by atoms with van der Waals surface area (Å²) in [4.78, 5) is 11.9. The van der Waals surface area contributed by atoms with Crippen molar-refractivity contribution >= 4 is 5.95 Å². The molecule has 0 atom stereocenters. The summed E-state index contributed by atoms with van der Waals surface area (Å²) in [7, 11) is 0. The van der Waals surface area contributed by atoms with Gasteiger partial charge in [-0.2, -0.15) is 9.97 Å². The minimum absolute atomic E-state index is 0.0740. The van der Waals surface area contributed by atoms with Crippen molar-refractivity contribution < 1.29 is 9.47 Å². The van der Waals surface area contributed by atoms with E-state index < -0.39 is 0 Å². The van der Waals surface area contributed by atoms with E-state index in [4.69, 9.17) is 15.2 Å². The van der Waals surface area contributed by atoms with Gasteiger partial charge in [0.25, 0.3) is 0 Å². The monoisotopic (exact) mass is 274 g/mol. The molecule has 20 heavy (non-hydrogen) atoms. The molecular weight excluding hydrogens is 256 g/mol. The van der Waals surface area contributed by atoms with Crippen LogP contribution < -0.4 is 15.2 Å². The molecule has 0 bridgehead atoms. The fourth-order valence-corrected chi connectivity index (χ4v) is 1.54. The van der Waals surface area contributed by atoms with E-state index in [-0.39, 0.29) is 18.0 Å². The van der Waals surface area contributed by atoms with Crippen LogP contribution in [0.3, 0.4) is 0 Å². The van der Waals surface area contributed by atoms with Gasteiger partial charge in [-0.15, -0.1) is 4.98 Å². The van der Waals surface area contributed by atoms with Gasteiger partial charge in [-0.1, -0.05) is 13.0 Å². The van der Waals surface area contributed by atoms with E-state index in [1.165, 1.54) is 5.56 Å². The maximum atomic E-state index is 5.62. The van der Waals surface area contributed by atoms with Gasteiger partial charge < -0.3 is 15.2 Å². The van der Waals surface area contributed by atoms with Crippen LogP contribution in [0.4, 0.5) is 5.95 Å². The average molecular weight is 274 g/mol. The van der Waals surface area contributed by atoms with E-state index in [1.54, 1.807) is 0 Å². The molecule has 0 aliphatic heterocycles. The van der Waals surface area contributed by atoms with Crippen LogP contribution in [0.2, 0.25) is 0 Å². The van der Waals surface area contributed by atoms with E-state index in [1.807, 2.05) is 39.0 Å². The third kappa shape index (κ3) is 3.57. The summed E-state index contributed by atoms with van der Waals surface area (Å²) < 4.78 is 10.9. The van der Waals surface area contributed by atoms with Crippen LogP contribution in [0.5, 0.6) is 17.8 Å². The van der Waals surface area contributed by atoms with Gasteiger partial charge in [-0.05, 0) is 43.5 Å². The lowest BCUT2D eigenvalue weighted by Gasteiger charge is -2.08. The predicted molar refractivity (Wildman–Crippen MR) is 76.0 cm³/mol. The van der Waals surface area contributed by atoms with E-state index in [2.05, 4.69) is 15.0 Å². The summed E-state index contributed by atoms with van der Waals surface area (Å²) in [6, 6.07) is 6.06. The highest BCUT2D eigenvalue weighted by Gasteiger charge is 2.08. The Kier molecular flexibility index (Phi) is 4.34. The molecule has 0 aliphatic rings. The molecule has 2 N–H and O–H groups in total. The molecule has 0 saturated carbocycles. The molecule has 2 aromatic rings. The number of aryl methyl sites for hydroxylation is 2. The number of nitrogens with zero attached hydrogens (tertiary/aromatic N) is 3. The molecule has 0 unspecified atom stereocenters. The second kappa shape index (κ2) is 6.18. The molecule has 106 valence electrons. The molecule has 1 aromatic heterocycles. The van der Waals surface area contributed by atoms with E-state index in [9.17, 15) is 0 Å². The van der Waals surface area contributed by atoms with Gasteiger partial charge in [-0.25, -0.2) is 0 Å². The van der Waals surface area contributed by atoms with Gasteiger partial charge in [-0.3, -0.25) is 0 Å². The molecule has 0 radical (unpaired) electrons. The first-order chi connectivity index (χ1) is 9.58. The third-order valence-electron chi connectivity index (χ3n) is 2.73. The fraction of sp³-hybridized carbons (Fsp3) is 0.357. The highest BCUT2D eigenvalue weighted by atomic mass is 16.5. The van der Waals surface area contributed by atoms with Crippen LogP contribution in [0, 0.1) is 13.8 Å². The van der Waals surface area contributed by atoms with E-state index in [0.717, 1.165) is 12.0 Å². The summed E-state index contributed by atoms with van der Waals surface area (Å²) in [5, 5.41) is 0. The van der Waals surface area contributed by atoms with Crippen molar-refractivity contribution in [2.24, 2.45) is 0 Å². The standard InChI is InChI=1S/C14H18N4O2/c1-4-7-19-13-16-12(15)17-14(18-13)20-11-6-5-9(2)10(3)8-11/h5-6,8H,4,7H2,1-3H3,(H2,15,16,17,18). The smallest absolute Gasteiger partial charge is 0.330 e. The predicted octanol–water partition coefficient (Wildman–Crippen LogP) is 2.65. The van der Waals surface area contributed by atoms with Gasteiger partial charge in [0, 0.05) is 0 Å². The molecule has 0 saturated heterocycles. The second-order valence-corrected chi connectivity index (χ2v) is 4.46. The van der Waals surface area contributed by atoms with Crippen molar-refractivity contribution in [3.8, 4) is 17.8 Å². The fourth-order valence-electron chi connectivity index (χ4n) is 1.54. The number of hydrogen-bond donors (Lipinski definition) is 1. The first kappa shape index (κ1) is 14.0. The van der Waals surface area contributed by atoms with Crippen LogP contribution >= 0.6 is 0 Å². The van der Waals surface area contributed by atoms with Gasteiger partial charge >= 0.3 is 12.0 Å². The number of ether oxygens (including phenoxy) is 2. The summed E-state index contributed by atoms with van der Waals surface area (Å²) >= 11 is 0. The molecule has 0 spiro atoms. The van der Waals surface area contributed by atoms with Crippen molar-refractivity contribution in [3.63, 3.8) is 0 Å². The summed E-state index contributed by atoms with van der Waals surface area (Å²) in [6.45, 7) is 6.57. The first-order valence-electron chi connectivity index (χ1n) is 6.48. The zero-order valence-electron chi connectivity index (χ0n) is 11.9. The van der Waals surface area contributed by atoms with Crippen molar-refractivity contribution in [3.05, 3.63) is 29.3 Å². The average Bonchev–Trinajstić information content (AvgIpc) is 2.40. The van der Waals surface area contributed by atoms with E-state index >= 15 is 0 Å². The largest absolute Gasteiger partial charge is 0.463 e. The number of hydrogen-bond acceptors (Lipinski definition) is 6. The lowest BCUT2D eigenvalue weighted by molar-refractivity contribution is 0.285. The molecule has 1 heterocycles. The molecule has 6 heteroatoms. The Labute approximate surface area is 118 Å². The zero-order chi connectivity index (χ0) is 14.5. The molecule has 1 aromatic carbocycles. The van der Waals surface area contributed by atoms with Gasteiger partial charge in [0.15, 0.2) is 0 Å². The van der Waals surface area contributed by atoms with Crippen molar-refractivity contribution in [1.82, 2.24) is 15.0 Å². The number of nitrogens with two attached hydrogens (primary N) is 1. The Morgan fingerprint density at radius 2 is 1.80 bits per heavy atom. The zero-order valence-corrected chi connectivity index (χ0v) is 11.9. The Bertz CT molecular complexity index is 602. The molecule has 0 fully saturated rings. The summed E-state index contributed by atoms with van der Waals surface area (Å²) in [6.07, 6.45) is 0.860. The Hall–Kier alpha value is -2.37. The lowest BCUT2D eigenvalue weighted by Crippen LogP contribution is -2.05. The minimum atomic E-state index is 0.0740. The van der Waals surface area contributed by atoms with Gasteiger partial charge in [0.2, 0.25) is 5.95 Å². The minimum Gasteiger partial charge on any atom is -0.463 e. The molecule has 0 amide bonds. The Morgan fingerprint density at radius 1 is 1.05 bits per heavy atom. The maximum Gasteiger partial charge on any atom is 0.330 e. The summed E-state index contributed by atoms with van der Waals surface area (Å²) in [5.41, 5.74) is 7.94. The summed E-state index contributed by atoms with van der Waals surface area (Å²) in [5.74, 6) is 0.727. The quantitative estimate of drug-likeness (QED) is 0.902. The number of rotatable bonds is 5. The van der Waals surface area contributed by atoms with Crippen molar-refractivity contribution in [2.75, 3.05) is 12.3 Å². The molecular formula is C14H18N4O2. The van der Waals surface area contributed by atoms with Crippen molar-refractivity contribution in [2.45, 2.75) is 27.2 Å². The molecule has 0 aliphatic carbocycles. The number of benzene rings is 1. The van der Waals surface area contributed by atoms with Gasteiger partial charge in [0.1, 0.15) is 5.75 Å². The van der Waals surface area contributed by atoms with E-state index in [0.29, 0.717) is 12.4 Å². The maximum absolute atomic E-state index is 5.62. The molecule has 2 rings (SSSR count). The lowest BCUT2D eigenvalue weighted by atomic mass is 10.1.